The highest BCUT2D eigenvalue weighted by Gasteiger charge is 2.40. The number of alkyl halides is 9. The summed E-state index contributed by atoms with van der Waals surface area (Å²) in [5, 5.41) is 41.7. The Labute approximate surface area is 203 Å². The van der Waals surface area contributed by atoms with Crippen LogP contribution in [-0.2, 0) is 18.5 Å². The Morgan fingerprint density at radius 3 is 1.11 bits per heavy atom. The van der Waals surface area contributed by atoms with E-state index in [4.69, 9.17) is 0 Å². The Bertz CT molecular complexity index is 1360. The molecule has 0 fully saturated rings. The van der Waals surface area contributed by atoms with Crippen molar-refractivity contribution in [1.29, 1.82) is 0 Å². The molecule has 8 nitrogen and oxygen atoms in total. The minimum absolute atomic E-state index is 0.0853. The monoisotopic (exact) mass is 556 g/mol. The number of phenols is 2. The van der Waals surface area contributed by atoms with E-state index < -0.39 is 90.2 Å². The number of halogens is 9. The average molecular weight is 556 g/mol. The summed E-state index contributed by atoms with van der Waals surface area (Å²) in [5.41, 5.74) is -12.1. The van der Waals surface area contributed by atoms with Crippen LogP contribution in [0.3, 0.4) is 0 Å². The predicted octanol–water partition coefficient (Wildman–Crippen LogP) is 7.30. The summed E-state index contributed by atoms with van der Waals surface area (Å²) in [6, 6.07) is 1.86. The van der Waals surface area contributed by atoms with Crippen molar-refractivity contribution >= 4 is 11.4 Å². The lowest BCUT2D eigenvalue weighted by Gasteiger charge is -2.16. The first-order valence-electron chi connectivity index (χ1n) is 9.62. The number of benzene rings is 3. The number of rotatable bonds is 4. The normalized spacial score (nSPS) is 12.4. The molecule has 0 aliphatic carbocycles. The summed E-state index contributed by atoms with van der Waals surface area (Å²) in [6.45, 7) is 0. The van der Waals surface area contributed by atoms with E-state index in [1.807, 2.05) is 0 Å². The van der Waals surface area contributed by atoms with Crippen LogP contribution in [0.4, 0.5) is 50.9 Å². The first kappa shape index (κ1) is 28.0. The molecule has 202 valence electrons. The fraction of sp³-hybridized carbons (Fsp3) is 0.143. The lowest BCUT2D eigenvalue weighted by atomic mass is 9.93. The van der Waals surface area contributed by atoms with Gasteiger partial charge < -0.3 is 10.2 Å². The highest BCUT2D eigenvalue weighted by Crippen LogP contribution is 2.47. The van der Waals surface area contributed by atoms with Crippen molar-refractivity contribution in [1.82, 2.24) is 0 Å². The van der Waals surface area contributed by atoms with Crippen molar-refractivity contribution in [2.45, 2.75) is 18.5 Å². The van der Waals surface area contributed by atoms with Crippen LogP contribution in [0.15, 0.2) is 42.5 Å². The summed E-state index contributed by atoms with van der Waals surface area (Å²) in [6.07, 6.45) is -16.1. The molecule has 0 aliphatic heterocycles. The molecule has 0 saturated heterocycles. The van der Waals surface area contributed by atoms with E-state index in [2.05, 4.69) is 0 Å². The van der Waals surface area contributed by atoms with Gasteiger partial charge in [0, 0.05) is 12.1 Å². The van der Waals surface area contributed by atoms with Gasteiger partial charge in [0.05, 0.1) is 15.4 Å². The zero-order chi connectivity index (χ0) is 29.0. The molecular formula is C21H9F9N2O6. The minimum atomic E-state index is -5.41. The summed E-state index contributed by atoms with van der Waals surface area (Å²) < 4.78 is 121. The van der Waals surface area contributed by atoms with E-state index >= 15 is 0 Å². The second-order valence-electron chi connectivity index (χ2n) is 7.59. The molecular weight excluding hydrogens is 547 g/mol. The van der Waals surface area contributed by atoms with Crippen LogP contribution in [0.25, 0.3) is 22.3 Å². The molecule has 0 radical (unpaired) electrons. The van der Waals surface area contributed by atoms with Crippen molar-refractivity contribution in [2.24, 2.45) is 0 Å². The van der Waals surface area contributed by atoms with Crippen LogP contribution in [0.1, 0.15) is 16.7 Å². The van der Waals surface area contributed by atoms with E-state index in [0.29, 0.717) is 18.2 Å². The number of nitrogens with zero attached hydrogens (tertiary/aromatic N) is 2. The van der Waals surface area contributed by atoms with Gasteiger partial charge in [-0.25, -0.2) is 0 Å². The Morgan fingerprint density at radius 2 is 0.842 bits per heavy atom. The second-order valence-corrected chi connectivity index (χ2v) is 7.59. The zero-order valence-corrected chi connectivity index (χ0v) is 17.9. The molecule has 0 spiro atoms. The number of hydrogen-bond donors (Lipinski definition) is 2. The molecule has 0 unspecified atom stereocenters. The van der Waals surface area contributed by atoms with E-state index in [-0.39, 0.29) is 24.3 Å². The summed E-state index contributed by atoms with van der Waals surface area (Å²) in [4.78, 5) is 19.5. The summed E-state index contributed by atoms with van der Waals surface area (Å²) >= 11 is 0. The van der Waals surface area contributed by atoms with Gasteiger partial charge in [0.15, 0.2) is 0 Å². The van der Waals surface area contributed by atoms with Crippen LogP contribution in [0.2, 0.25) is 0 Å². The number of aromatic hydroxyl groups is 2. The summed E-state index contributed by atoms with van der Waals surface area (Å²) in [5.74, 6) is -3.66. The third kappa shape index (κ3) is 5.40. The van der Waals surface area contributed by atoms with Gasteiger partial charge in [-0.2, -0.15) is 39.5 Å². The third-order valence-corrected chi connectivity index (χ3v) is 5.11. The molecule has 2 N–H and O–H groups in total. The summed E-state index contributed by atoms with van der Waals surface area (Å²) in [7, 11) is 0. The quantitative estimate of drug-likeness (QED) is 0.197. The average Bonchev–Trinajstić information content (AvgIpc) is 2.76. The largest absolute Gasteiger partial charge is 0.502 e. The molecule has 3 aromatic carbocycles. The SMILES string of the molecule is O=[N+]([O-])c1cc(-c2cc(-c3cc([N+](=O)[O-])c(O)c(C(F)(F)F)c3)cc(C(F)(F)F)c2)cc(C(F)(F)F)c1O. The standard InChI is InChI=1S/C21H9F9N2O6/c22-19(23,24)12-2-8(10-4-13(20(25,26)27)17(33)15(6-10)31(35)36)1-9(3-12)11-5-14(21(28,29)30)18(34)16(7-11)32(37)38/h1-7,33-34H. The van der Waals surface area contributed by atoms with Gasteiger partial charge in [-0.3, -0.25) is 20.2 Å². The fourth-order valence-electron chi connectivity index (χ4n) is 3.41. The van der Waals surface area contributed by atoms with Crippen molar-refractivity contribution in [3.05, 3.63) is 79.4 Å². The Hall–Kier alpha value is -4.57. The molecule has 3 rings (SSSR count). The number of nitro benzene ring substituents is 2. The van der Waals surface area contributed by atoms with E-state index in [9.17, 15) is 70.0 Å². The molecule has 3 aromatic rings. The first-order valence-corrected chi connectivity index (χ1v) is 9.62. The predicted molar refractivity (Wildman–Crippen MR) is 109 cm³/mol. The molecule has 0 bridgehead atoms. The maximum Gasteiger partial charge on any atom is 0.420 e. The minimum Gasteiger partial charge on any atom is -0.502 e. The van der Waals surface area contributed by atoms with Gasteiger partial charge in [0.25, 0.3) is 0 Å². The van der Waals surface area contributed by atoms with Crippen LogP contribution in [0.5, 0.6) is 11.5 Å². The highest BCUT2D eigenvalue weighted by molar-refractivity contribution is 5.79. The van der Waals surface area contributed by atoms with Gasteiger partial charge in [-0.15, -0.1) is 0 Å². The maximum absolute atomic E-state index is 13.6. The number of nitro groups is 2. The van der Waals surface area contributed by atoms with Gasteiger partial charge >= 0.3 is 29.9 Å². The third-order valence-electron chi connectivity index (χ3n) is 5.11. The molecule has 0 heterocycles. The van der Waals surface area contributed by atoms with E-state index in [0.717, 1.165) is 0 Å². The smallest absolute Gasteiger partial charge is 0.420 e. The molecule has 38 heavy (non-hydrogen) atoms. The van der Waals surface area contributed by atoms with Crippen LogP contribution in [-0.4, -0.2) is 20.1 Å². The second kappa shape index (κ2) is 9.07. The van der Waals surface area contributed by atoms with Crippen LogP contribution < -0.4 is 0 Å². The molecule has 0 amide bonds. The molecule has 0 aromatic heterocycles. The van der Waals surface area contributed by atoms with Crippen LogP contribution >= 0.6 is 0 Å². The Morgan fingerprint density at radius 1 is 0.526 bits per heavy atom. The molecule has 17 heteroatoms. The topological polar surface area (TPSA) is 127 Å². The highest BCUT2D eigenvalue weighted by atomic mass is 19.4. The molecule has 0 aliphatic rings. The first-order chi connectivity index (χ1) is 17.2. The van der Waals surface area contributed by atoms with Crippen molar-refractivity contribution in [3.63, 3.8) is 0 Å². The van der Waals surface area contributed by atoms with Crippen molar-refractivity contribution in [2.75, 3.05) is 0 Å². The van der Waals surface area contributed by atoms with Crippen LogP contribution in [0, 0.1) is 20.2 Å². The fourth-order valence-corrected chi connectivity index (χ4v) is 3.41. The number of phenolic OH excluding ortho intramolecular Hbond substituents is 2. The number of hydrogen-bond acceptors (Lipinski definition) is 6. The Balaban J connectivity index is 2.43. The van der Waals surface area contributed by atoms with E-state index in [1.165, 1.54) is 0 Å². The lowest BCUT2D eigenvalue weighted by Crippen LogP contribution is -2.09. The van der Waals surface area contributed by atoms with Gasteiger partial charge in [0.1, 0.15) is 11.1 Å². The molecule has 0 saturated carbocycles. The van der Waals surface area contributed by atoms with Gasteiger partial charge in [-0.05, 0) is 52.6 Å². The van der Waals surface area contributed by atoms with Gasteiger partial charge in [-0.1, -0.05) is 0 Å². The van der Waals surface area contributed by atoms with Crippen molar-refractivity contribution < 1.29 is 59.6 Å². The molecule has 0 atom stereocenters. The Kier molecular flexibility index (Phi) is 6.69. The van der Waals surface area contributed by atoms with E-state index in [1.54, 1.807) is 0 Å². The lowest BCUT2D eigenvalue weighted by molar-refractivity contribution is -0.386. The maximum atomic E-state index is 13.6. The van der Waals surface area contributed by atoms with Gasteiger partial charge in [0.2, 0.25) is 11.5 Å². The zero-order valence-electron chi connectivity index (χ0n) is 17.9. The van der Waals surface area contributed by atoms with Crippen molar-refractivity contribution in [3.8, 4) is 33.8 Å².